The molecule has 2 aromatic heterocycles. The summed E-state index contributed by atoms with van der Waals surface area (Å²) in [6, 6.07) is 24.8. The number of carbonyl (C=O) groups excluding carboxylic acids is 1. The molecule has 3 heterocycles. The van der Waals surface area contributed by atoms with Crippen molar-refractivity contribution in [2.75, 3.05) is 16.8 Å². The number of para-hydroxylation sites is 1. The number of nitrogens with one attached hydrogen (secondary N) is 2. The van der Waals surface area contributed by atoms with E-state index in [1.807, 2.05) is 72.8 Å². The van der Waals surface area contributed by atoms with Crippen LogP contribution >= 0.6 is 12.2 Å². The van der Waals surface area contributed by atoms with Crippen LogP contribution in [0.2, 0.25) is 0 Å². The lowest BCUT2D eigenvalue weighted by atomic mass is 9.98. The van der Waals surface area contributed by atoms with Gasteiger partial charge in [0.25, 0.3) is 5.91 Å². The van der Waals surface area contributed by atoms with Crippen LogP contribution in [0.15, 0.2) is 97.5 Å². The molecule has 0 radical (unpaired) electrons. The molecule has 2 N–H and O–H groups in total. The third kappa shape index (κ3) is 5.55. The molecule has 38 heavy (non-hydrogen) atoms. The van der Waals surface area contributed by atoms with Crippen LogP contribution in [0.5, 0.6) is 5.75 Å². The zero-order valence-corrected chi connectivity index (χ0v) is 22.5. The summed E-state index contributed by atoms with van der Waals surface area (Å²) in [4.78, 5) is 19.2. The highest BCUT2D eigenvalue weighted by molar-refractivity contribution is 7.80. The number of thiocarbonyl (C=S) groups is 1. The Morgan fingerprint density at radius 2 is 1.76 bits per heavy atom. The van der Waals surface area contributed by atoms with Crippen LogP contribution in [0, 0.1) is 0 Å². The molecular formula is C30H31N5O2S. The SMILES string of the molecule is CC(C)(C)n1ccc([C@@H]2[C@@H](c3ccccn3)NC(=S)N2c2ccc(NC(=O)COc3ccccc3)cc2)c1. The maximum Gasteiger partial charge on any atom is 0.262 e. The van der Waals surface area contributed by atoms with Gasteiger partial charge >= 0.3 is 0 Å². The van der Waals surface area contributed by atoms with Crippen molar-refractivity contribution in [3.63, 3.8) is 0 Å². The Hall–Kier alpha value is -4.17. The van der Waals surface area contributed by atoms with Crippen molar-refractivity contribution >= 4 is 34.6 Å². The monoisotopic (exact) mass is 525 g/mol. The normalized spacial score (nSPS) is 17.2. The van der Waals surface area contributed by atoms with Gasteiger partial charge in [-0.2, -0.15) is 0 Å². The summed E-state index contributed by atoms with van der Waals surface area (Å²) in [5, 5.41) is 7.02. The summed E-state index contributed by atoms with van der Waals surface area (Å²) in [7, 11) is 0. The van der Waals surface area contributed by atoms with Gasteiger partial charge in [0, 0.05) is 35.5 Å². The average Bonchev–Trinajstić information content (AvgIpc) is 3.54. The van der Waals surface area contributed by atoms with Gasteiger partial charge in [-0.3, -0.25) is 9.78 Å². The molecule has 0 aliphatic carbocycles. The smallest absolute Gasteiger partial charge is 0.262 e. The zero-order chi connectivity index (χ0) is 26.7. The lowest BCUT2D eigenvalue weighted by Crippen LogP contribution is -2.29. The van der Waals surface area contributed by atoms with Crippen molar-refractivity contribution in [1.29, 1.82) is 0 Å². The number of nitrogens with zero attached hydrogens (tertiary/aromatic N) is 3. The molecule has 4 aromatic rings. The van der Waals surface area contributed by atoms with Crippen molar-refractivity contribution in [3.05, 3.63) is 109 Å². The number of ether oxygens (including phenoxy) is 1. The molecule has 1 aliphatic heterocycles. The fourth-order valence-corrected chi connectivity index (χ4v) is 4.89. The molecule has 2 atom stereocenters. The first kappa shape index (κ1) is 25.5. The van der Waals surface area contributed by atoms with Crippen molar-refractivity contribution in [1.82, 2.24) is 14.9 Å². The predicted octanol–water partition coefficient (Wildman–Crippen LogP) is 5.83. The Kier molecular flexibility index (Phi) is 7.15. The predicted molar refractivity (Wildman–Crippen MR) is 154 cm³/mol. The number of anilines is 2. The molecule has 0 unspecified atom stereocenters. The van der Waals surface area contributed by atoms with Gasteiger partial charge in [0.15, 0.2) is 11.7 Å². The van der Waals surface area contributed by atoms with Crippen molar-refractivity contribution in [2.24, 2.45) is 0 Å². The first-order chi connectivity index (χ1) is 18.3. The number of benzene rings is 2. The van der Waals surface area contributed by atoms with E-state index in [-0.39, 0.29) is 30.1 Å². The maximum atomic E-state index is 12.4. The molecule has 2 aromatic carbocycles. The van der Waals surface area contributed by atoms with Crippen LogP contribution in [0.3, 0.4) is 0 Å². The number of carbonyl (C=O) groups is 1. The minimum Gasteiger partial charge on any atom is -0.484 e. The van der Waals surface area contributed by atoms with Gasteiger partial charge in [-0.05, 0) is 93.1 Å². The van der Waals surface area contributed by atoms with E-state index in [1.54, 1.807) is 6.20 Å². The Morgan fingerprint density at radius 1 is 1.03 bits per heavy atom. The van der Waals surface area contributed by atoms with Gasteiger partial charge in [0.05, 0.1) is 17.8 Å². The molecular weight excluding hydrogens is 494 g/mol. The van der Waals surface area contributed by atoms with Gasteiger partial charge in [-0.1, -0.05) is 24.3 Å². The van der Waals surface area contributed by atoms with E-state index in [0.29, 0.717) is 16.5 Å². The Labute approximate surface area is 228 Å². The first-order valence-corrected chi connectivity index (χ1v) is 13.0. The molecule has 1 fully saturated rings. The van der Waals surface area contributed by atoms with E-state index in [0.717, 1.165) is 16.9 Å². The molecule has 1 amide bonds. The second-order valence-corrected chi connectivity index (χ2v) is 10.6. The van der Waals surface area contributed by atoms with Crippen LogP contribution in [0.1, 0.15) is 44.1 Å². The lowest BCUT2D eigenvalue weighted by Gasteiger charge is -2.28. The standard InChI is InChI=1S/C30H31N5O2S/c1-30(2,3)34-18-16-21(19-34)28-27(25-11-7-8-17-31-25)33-29(38)35(28)23-14-12-22(13-15-23)32-26(36)20-37-24-9-5-4-6-10-24/h4-19,27-28H,20H2,1-3H3,(H,32,36)(H,33,38)/t27-,28-/m1/s1. The largest absolute Gasteiger partial charge is 0.484 e. The van der Waals surface area contributed by atoms with Gasteiger partial charge in [-0.25, -0.2) is 0 Å². The molecule has 0 spiro atoms. The summed E-state index contributed by atoms with van der Waals surface area (Å²) in [5.74, 6) is 0.429. The first-order valence-electron chi connectivity index (χ1n) is 12.6. The number of pyridine rings is 1. The number of aromatic nitrogens is 2. The highest BCUT2D eigenvalue weighted by Gasteiger charge is 2.41. The molecule has 0 saturated carbocycles. The van der Waals surface area contributed by atoms with Gasteiger partial charge < -0.3 is 24.8 Å². The second kappa shape index (κ2) is 10.7. The third-order valence-electron chi connectivity index (χ3n) is 6.47. The van der Waals surface area contributed by atoms with E-state index in [2.05, 4.69) is 64.3 Å². The second-order valence-electron chi connectivity index (χ2n) is 10.2. The zero-order valence-electron chi connectivity index (χ0n) is 21.7. The van der Waals surface area contributed by atoms with E-state index >= 15 is 0 Å². The summed E-state index contributed by atoms with van der Waals surface area (Å²) in [5.41, 5.74) is 3.63. The third-order valence-corrected chi connectivity index (χ3v) is 6.79. The summed E-state index contributed by atoms with van der Waals surface area (Å²) in [6.07, 6.45) is 6.10. The minimum atomic E-state index is -0.225. The average molecular weight is 526 g/mol. The molecule has 5 rings (SSSR count). The molecule has 0 bridgehead atoms. The summed E-state index contributed by atoms with van der Waals surface area (Å²) >= 11 is 5.83. The van der Waals surface area contributed by atoms with Crippen LogP contribution in [-0.4, -0.2) is 27.2 Å². The fraction of sp³-hybridized carbons (Fsp3) is 0.233. The molecule has 8 heteroatoms. The molecule has 1 aliphatic rings. The van der Waals surface area contributed by atoms with Crippen molar-refractivity contribution in [3.8, 4) is 5.75 Å². The van der Waals surface area contributed by atoms with Crippen LogP contribution in [0.4, 0.5) is 11.4 Å². The Morgan fingerprint density at radius 3 is 2.42 bits per heavy atom. The highest BCUT2D eigenvalue weighted by Crippen LogP contribution is 2.42. The van der Waals surface area contributed by atoms with Gasteiger partial charge in [0.1, 0.15) is 5.75 Å². The van der Waals surface area contributed by atoms with Crippen LogP contribution in [-0.2, 0) is 10.3 Å². The van der Waals surface area contributed by atoms with Crippen LogP contribution in [0.25, 0.3) is 0 Å². The minimum absolute atomic E-state index is 0.0415. The maximum absolute atomic E-state index is 12.4. The lowest BCUT2D eigenvalue weighted by molar-refractivity contribution is -0.118. The van der Waals surface area contributed by atoms with Crippen LogP contribution < -0.4 is 20.3 Å². The number of rotatable bonds is 7. The van der Waals surface area contributed by atoms with Gasteiger partial charge in [-0.15, -0.1) is 0 Å². The number of hydrogen-bond donors (Lipinski definition) is 2. The van der Waals surface area contributed by atoms with Gasteiger partial charge in [0.2, 0.25) is 0 Å². The topological polar surface area (TPSA) is 71.4 Å². The van der Waals surface area contributed by atoms with E-state index < -0.39 is 0 Å². The summed E-state index contributed by atoms with van der Waals surface area (Å²) < 4.78 is 7.76. The molecule has 1 saturated heterocycles. The number of hydrogen-bond acceptors (Lipinski definition) is 4. The Bertz CT molecular complexity index is 1400. The molecule has 194 valence electrons. The van der Waals surface area contributed by atoms with E-state index in [4.69, 9.17) is 17.0 Å². The van der Waals surface area contributed by atoms with E-state index in [9.17, 15) is 4.79 Å². The Balaban J connectivity index is 1.37. The highest BCUT2D eigenvalue weighted by atomic mass is 32.1. The number of amides is 1. The van der Waals surface area contributed by atoms with Crippen molar-refractivity contribution in [2.45, 2.75) is 38.4 Å². The fourth-order valence-electron chi connectivity index (χ4n) is 4.55. The quantitative estimate of drug-likeness (QED) is 0.296. The molecule has 7 nitrogen and oxygen atoms in total. The summed E-state index contributed by atoms with van der Waals surface area (Å²) in [6.45, 7) is 6.48. The van der Waals surface area contributed by atoms with Crippen molar-refractivity contribution < 1.29 is 9.53 Å². The van der Waals surface area contributed by atoms with E-state index in [1.165, 1.54) is 0 Å².